The summed E-state index contributed by atoms with van der Waals surface area (Å²) in [5, 5.41) is 9.15. The third-order valence-electron chi connectivity index (χ3n) is 4.91. The molecule has 6 heteroatoms. The lowest BCUT2D eigenvalue weighted by atomic mass is 10.0. The predicted molar refractivity (Wildman–Crippen MR) is 119 cm³/mol. The van der Waals surface area contributed by atoms with Crippen molar-refractivity contribution in [3.8, 4) is 11.1 Å². The van der Waals surface area contributed by atoms with E-state index in [4.69, 9.17) is 21.7 Å². The second kappa shape index (κ2) is 9.83. The van der Waals surface area contributed by atoms with Gasteiger partial charge in [0.2, 0.25) is 0 Å². The van der Waals surface area contributed by atoms with Gasteiger partial charge in [0.25, 0.3) is 0 Å². The first-order valence-electron chi connectivity index (χ1n) is 9.72. The van der Waals surface area contributed by atoms with Gasteiger partial charge in [-0.1, -0.05) is 61.0 Å². The first kappa shape index (κ1) is 21.9. The lowest BCUT2D eigenvalue weighted by molar-refractivity contribution is 0.107. The minimum atomic E-state index is -0.314. The quantitative estimate of drug-likeness (QED) is 0.413. The van der Waals surface area contributed by atoms with Gasteiger partial charge in [-0.25, -0.2) is 4.39 Å². The van der Waals surface area contributed by atoms with E-state index in [1.807, 2.05) is 37.3 Å². The number of hydrogen-bond acceptors (Lipinski definition) is 3. The number of pyridine rings is 1. The van der Waals surface area contributed by atoms with Crippen LogP contribution in [0.3, 0.4) is 0 Å². The number of benzene rings is 2. The lowest BCUT2D eigenvalue weighted by Gasteiger charge is -2.19. The fourth-order valence-electron chi connectivity index (χ4n) is 3.29. The molecule has 0 saturated heterocycles. The largest absolute Gasteiger partial charge is 0.376 e. The Labute approximate surface area is 181 Å². The Morgan fingerprint density at radius 2 is 1.93 bits per heavy atom. The van der Waals surface area contributed by atoms with E-state index < -0.39 is 0 Å². The van der Waals surface area contributed by atoms with Crippen molar-refractivity contribution >= 4 is 17.4 Å². The van der Waals surface area contributed by atoms with E-state index in [1.165, 1.54) is 6.07 Å². The molecule has 3 aromatic rings. The molecule has 2 aromatic carbocycles. The van der Waals surface area contributed by atoms with Crippen molar-refractivity contribution in [2.75, 3.05) is 13.7 Å². The number of aryl methyl sites for hydroxylation is 1. The monoisotopic (exact) mass is 425 g/mol. The molecule has 0 radical (unpaired) electrons. The lowest BCUT2D eigenvalue weighted by Crippen LogP contribution is -2.34. The van der Waals surface area contributed by atoms with E-state index in [0.29, 0.717) is 40.8 Å². The van der Waals surface area contributed by atoms with Gasteiger partial charge in [-0.15, -0.1) is 0 Å². The number of aromatic nitrogens is 1. The third kappa shape index (κ3) is 5.04. The highest BCUT2D eigenvalue weighted by molar-refractivity contribution is 6.30. The van der Waals surface area contributed by atoms with Gasteiger partial charge in [-0.3, -0.25) is 15.0 Å². The van der Waals surface area contributed by atoms with E-state index in [-0.39, 0.29) is 17.2 Å². The molecule has 0 saturated carbocycles. The Kier molecular flexibility index (Phi) is 7.19. The average Bonchev–Trinajstić information content (AvgIpc) is 2.73. The molecule has 156 valence electrons. The Morgan fingerprint density at radius 1 is 1.20 bits per heavy atom. The molecule has 30 heavy (non-hydrogen) atoms. The fraction of sp³-hybridized carbons (Fsp3) is 0.250. The maximum atomic E-state index is 14.1. The Morgan fingerprint density at radius 3 is 2.60 bits per heavy atom. The van der Waals surface area contributed by atoms with Crippen LogP contribution in [0.1, 0.15) is 18.1 Å². The van der Waals surface area contributed by atoms with Gasteiger partial charge in [0, 0.05) is 24.7 Å². The Hall–Kier alpha value is -2.76. The van der Waals surface area contributed by atoms with Crippen molar-refractivity contribution in [3.05, 3.63) is 88.2 Å². The molecule has 0 bridgehead atoms. The molecule has 0 aliphatic rings. The van der Waals surface area contributed by atoms with Crippen LogP contribution in [0.4, 0.5) is 4.39 Å². The molecular formula is C24H25ClFN3O. The van der Waals surface area contributed by atoms with Crippen LogP contribution in [-0.2, 0) is 11.3 Å². The van der Waals surface area contributed by atoms with Crippen LogP contribution in [0.25, 0.3) is 11.1 Å². The number of hydrogen-bond donors (Lipinski definition) is 1. The van der Waals surface area contributed by atoms with Crippen LogP contribution in [0.15, 0.2) is 65.8 Å². The second-order valence-corrected chi connectivity index (χ2v) is 7.67. The van der Waals surface area contributed by atoms with E-state index in [0.717, 1.165) is 5.56 Å². The average molecular weight is 426 g/mol. The van der Waals surface area contributed by atoms with E-state index in [1.54, 1.807) is 42.9 Å². The molecule has 1 heterocycles. The molecule has 0 aliphatic heterocycles. The van der Waals surface area contributed by atoms with Gasteiger partial charge in [0.05, 0.1) is 18.2 Å². The van der Waals surface area contributed by atoms with Crippen molar-refractivity contribution < 1.29 is 9.13 Å². The van der Waals surface area contributed by atoms with Crippen LogP contribution >= 0.6 is 11.6 Å². The van der Waals surface area contributed by atoms with Gasteiger partial charge in [0.1, 0.15) is 17.1 Å². The molecule has 1 N–H and O–H groups in total. The summed E-state index contributed by atoms with van der Waals surface area (Å²) in [6.45, 7) is 4.64. The van der Waals surface area contributed by atoms with Gasteiger partial charge in [-0.05, 0) is 35.7 Å². The minimum absolute atomic E-state index is 0.0751. The zero-order chi connectivity index (χ0) is 21.7. The van der Waals surface area contributed by atoms with E-state index in [2.05, 4.69) is 4.99 Å². The number of rotatable bonds is 6. The Balaban J connectivity index is 1.86. The van der Waals surface area contributed by atoms with Crippen LogP contribution in [-0.4, -0.2) is 24.1 Å². The standard InChI is InChI=1S/C24H25ClFN3O/c1-16-9-10-19(11-22(16)26)21-12-20(25)13-29(23(21)27)24(28-3)17(2)14-30-15-18-7-5-4-6-8-18/h4-13,17,27H,14-15H2,1-3H3/t17-/m1/s1. The number of halogens is 2. The first-order valence-corrected chi connectivity index (χ1v) is 10.1. The molecule has 1 atom stereocenters. The van der Waals surface area contributed by atoms with Crippen LogP contribution < -0.4 is 5.49 Å². The van der Waals surface area contributed by atoms with Crippen LogP contribution in [0.2, 0.25) is 5.02 Å². The molecule has 4 nitrogen and oxygen atoms in total. The number of nitrogens with zero attached hydrogens (tertiary/aromatic N) is 2. The van der Waals surface area contributed by atoms with Gasteiger partial charge < -0.3 is 4.74 Å². The minimum Gasteiger partial charge on any atom is -0.376 e. The summed E-state index contributed by atoms with van der Waals surface area (Å²) in [6.07, 6.45) is 1.66. The summed E-state index contributed by atoms with van der Waals surface area (Å²) < 4.78 is 21.6. The summed E-state index contributed by atoms with van der Waals surface area (Å²) in [7, 11) is 1.68. The molecular weight excluding hydrogens is 401 g/mol. The van der Waals surface area contributed by atoms with Crippen LogP contribution in [0, 0.1) is 24.1 Å². The molecule has 0 amide bonds. The topological polar surface area (TPSA) is 50.4 Å². The smallest absolute Gasteiger partial charge is 0.138 e. The summed E-state index contributed by atoms with van der Waals surface area (Å²) >= 11 is 6.35. The highest BCUT2D eigenvalue weighted by Crippen LogP contribution is 2.22. The maximum Gasteiger partial charge on any atom is 0.138 e. The summed E-state index contributed by atoms with van der Waals surface area (Å²) in [6, 6.07) is 16.5. The van der Waals surface area contributed by atoms with Crippen LogP contribution in [0.5, 0.6) is 0 Å². The summed E-state index contributed by atoms with van der Waals surface area (Å²) in [4.78, 5) is 4.40. The first-order chi connectivity index (χ1) is 14.4. The summed E-state index contributed by atoms with van der Waals surface area (Å²) in [5.74, 6) is 0.267. The van der Waals surface area contributed by atoms with Crippen molar-refractivity contribution in [1.82, 2.24) is 4.57 Å². The second-order valence-electron chi connectivity index (χ2n) is 7.24. The zero-order valence-electron chi connectivity index (χ0n) is 17.3. The van der Waals surface area contributed by atoms with Crippen molar-refractivity contribution in [2.24, 2.45) is 10.9 Å². The van der Waals surface area contributed by atoms with Crippen molar-refractivity contribution in [2.45, 2.75) is 20.5 Å². The summed E-state index contributed by atoms with van der Waals surface area (Å²) in [5.41, 5.74) is 2.99. The maximum absolute atomic E-state index is 14.1. The molecule has 0 fully saturated rings. The van der Waals surface area contributed by atoms with Crippen molar-refractivity contribution in [3.63, 3.8) is 0 Å². The van der Waals surface area contributed by atoms with Gasteiger partial charge in [-0.2, -0.15) is 0 Å². The molecule has 1 aromatic heterocycles. The molecule has 3 rings (SSSR count). The number of ether oxygens (including phenoxy) is 1. The molecule has 0 aliphatic carbocycles. The predicted octanol–water partition coefficient (Wildman–Crippen LogP) is 5.46. The van der Waals surface area contributed by atoms with Crippen molar-refractivity contribution in [1.29, 1.82) is 5.41 Å². The number of nitrogens with one attached hydrogen (secondary N) is 1. The highest BCUT2D eigenvalue weighted by atomic mass is 35.5. The van der Waals surface area contributed by atoms with Gasteiger partial charge in [0.15, 0.2) is 0 Å². The zero-order valence-corrected chi connectivity index (χ0v) is 18.1. The van der Waals surface area contributed by atoms with E-state index >= 15 is 0 Å². The third-order valence-corrected chi connectivity index (χ3v) is 5.12. The molecule has 0 unspecified atom stereocenters. The highest BCUT2D eigenvalue weighted by Gasteiger charge is 2.16. The Bertz CT molecular complexity index is 1110. The number of aliphatic imine (C=N–C) groups is 1. The van der Waals surface area contributed by atoms with E-state index in [9.17, 15) is 4.39 Å². The SMILES string of the molecule is CN=C([C@H](C)COCc1ccccc1)n1cc(Cl)cc(-c2ccc(C)c(F)c2)c1=N. The molecule has 0 spiro atoms. The fourth-order valence-corrected chi connectivity index (χ4v) is 3.50. The van der Waals surface area contributed by atoms with Gasteiger partial charge >= 0.3 is 0 Å². The normalized spacial score (nSPS) is 12.8.